The molecule has 0 saturated carbocycles. The second-order valence-electron chi connectivity index (χ2n) is 4.77. The molecule has 0 aliphatic carbocycles. The van der Waals surface area contributed by atoms with Crippen LogP contribution in [0, 0.1) is 0 Å². The SMILES string of the molecule is C[SiH](C)P([SiH](C)C)[Si](C)(C)C. The van der Waals surface area contributed by atoms with Crippen LogP contribution < -0.4 is 0 Å². The van der Waals surface area contributed by atoms with Gasteiger partial charge in [-0.3, -0.25) is 0 Å². The third kappa shape index (κ3) is 4.02. The first-order valence-electron chi connectivity index (χ1n) is 4.55. The topological polar surface area (TPSA) is 0 Å². The van der Waals surface area contributed by atoms with Crippen molar-refractivity contribution >= 4 is 31.2 Å². The van der Waals surface area contributed by atoms with E-state index >= 15 is 0 Å². The van der Waals surface area contributed by atoms with E-state index in [0.717, 1.165) is 0 Å². The van der Waals surface area contributed by atoms with E-state index in [1.807, 2.05) is 0 Å². The first kappa shape index (κ1) is 12.1. The molecule has 0 heterocycles. The number of hydrogen-bond acceptors (Lipinski definition) is 0. The highest BCUT2D eigenvalue weighted by Gasteiger charge is 2.31. The molecule has 0 atom stereocenters. The maximum absolute atomic E-state index is 2.58. The van der Waals surface area contributed by atoms with E-state index < -0.39 is 7.74 Å². The molecule has 0 aromatic heterocycles. The van der Waals surface area contributed by atoms with Gasteiger partial charge < -0.3 is 0 Å². The Balaban J connectivity index is 4.35. The maximum Gasteiger partial charge on any atom is 0.0634 e. The molecule has 4 heteroatoms. The Bertz CT molecular complexity index is 109. The van der Waals surface area contributed by atoms with Crippen LogP contribution in [0.3, 0.4) is 0 Å². The Morgan fingerprint density at radius 2 is 1.09 bits per heavy atom. The van der Waals surface area contributed by atoms with Crippen LogP contribution in [-0.4, -0.2) is 24.7 Å². The van der Waals surface area contributed by atoms with Crippen molar-refractivity contribution in [1.29, 1.82) is 0 Å². The van der Waals surface area contributed by atoms with E-state index in [-0.39, 0.29) is 16.9 Å². The van der Waals surface area contributed by atoms with Gasteiger partial charge >= 0.3 is 0 Å². The van der Waals surface area contributed by atoms with Crippen molar-refractivity contribution in [2.45, 2.75) is 45.8 Å². The molecule has 0 N–H and O–H groups in total. The molecule has 0 aliphatic rings. The summed E-state index contributed by atoms with van der Waals surface area (Å²) in [6, 6.07) is 0. The van der Waals surface area contributed by atoms with Crippen LogP contribution >= 0.6 is 6.57 Å². The second-order valence-corrected chi connectivity index (χ2v) is 34.3. The van der Waals surface area contributed by atoms with Crippen molar-refractivity contribution in [3.8, 4) is 0 Å². The minimum atomic E-state index is -0.725. The molecule has 68 valence electrons. The van der Waals surface area contributed by atoms with E-state index in [1.54, 1.807) is 0 Å². The average Bonchev–Trinajstić information content (AvgIpc) is 1.54. The van der Waals surface area contributed by atoms with Gasteiger partial charge in [-0.25, -0.2) is 0 Å². The van der Waals surface area contributed by atoms with Crippen LogP contribution in [0.15, 0.2) is 0 Å². The van der Waals surface area contributed by atoms with E-state index in [0.29, 0.717) is 6.57 Å². The number of hydrogen-bond donors (Lipinski definition) is 0. The zero-order valence-corrected chi connectivity index (χ0v) is 13.3. The molecular formula is C7H23PSi3. The van der Waals surface area contributed by atoms with E-state index in [9.17, 15) is 0 Å². The molecule has 0 aliphatic heterocycles. The van der Waals surface area contributed by atoms with Gasteiger partial charge in [-0.2, -0.15) is 0 Å². The lowest BCUT2D eigenvalue weighted by atomic mass is 11.8. The molecule has 0 aromatic rings. The van der Waals surface area contributed by atoms with Crippen molar-refractivity contribution in [1.82, 2.24) is 0 Å². The molecule has 0 fully saturated rings. The van der Waals surface area contributed by atoms with Gasteiger partial charge in [0.2, 0.25) is 0 Å². The van der Waals surface area contributed by atoms with E-state index in [1.165, 1.54) is 0 Å². The van der Waals surface area contributed by atoms with Crippen molar-refractivity contribution in [2.24, 2.45) is 0 Å². The van der Waals surface area contributed by atoms with Crippen LogP contribution in [0.25, 0.3) is 0 Å². The minimum absolute atomic E-state index is 0.280. The van der Waals surface area contributed by atoms with Crippen LogP contribution in [0.4, 0.5) is 0 Å². The third-order valence-electron chi connectivity index (χ3n) is 1.89. The molecule has 0 unspecified atom stereocenters. The normalized spacial score (nSPS) is 13.6. The first-order chi connectivity index (χ1) is 4.76. The summed E-state index contributed by atoms with van der Waals surface area (Å²) in [6.07, 6.45) is 0. The first-order valence-corrected chi connectivity index (χ1v) is 18.1. The quantitative estimate of drug-likeness (QED) is 0.508. The molecule has 11 heavy (non-hydrogen) atoms. The highest BCUT2D eigenvalue weighted by molar-refractivity contribution is 8.32. The highest BCUT2D eigenvalue weighted by atomic mass is 31.8. The Hall–Kier alpha value is 1.08. The molecule has 0 rings (SSSR count). The maximum atomic E-state index is 2.58. The van der Waals surface area contributed by atoms with Crippen molar-refractivity contribution in [2.75, 3.05) is 0 Å². The van der Waals surface area contributed by atoms with Crippen LogP contribution in [0.5, 0.6) is 0 Å². The van der Waals surface area contributed by atoms with Gasteiger partial charge in [0.05, 0.1) is 24.7 Å². The van der Waals surface area contributed by atoms with Gasteiger partial charge in [-0.1, -0.05) is 45.8 Å². The van der Waals surface area contributed by atoms with Crippen LogP contribution in [0.1, 0.15) is 0 Å². The lowest BCUT2D eigenvalue weighted by Crippen LogP contribution is -2.30. The Labute approximate surface area is 77.3 Å². The molecule has 0 amide bonds. The van der Waals surface area contributed by atoms with Crippen molar-refractivity contribution < 1.29 is 0 Å². The van der Waals surface area contributed by atoms with E-state index in [4.69, 9.17) is 0 Å². The fourth-order valence-corrected chi connectivity index (χ4v) is 57.9. The third-order valence-corrected chi connectivity index (χ3v) is 51.0. The lowest BCUT2D eigenvalue weighted by molar-refractivity contribution is 1.87. The fraction of sp³-hybridized carbons (Fsp3) is 1.00. The molecule has 0 saturated heterocycles. The Kier molecular flexibility index (Phi) is 4.78. The van der Waals surface area contributed by atoms with Crippen LogP contribution in [0.2, 0.25) is 45.8 Å². The van der Waals surface area contributed by atoms with E-state index in [2.05, 4.69) is 45.8 Å². The zero-order valence-electron chi connectivity index (χ0n) is 9.10. The summed E-state index contributed by atoms with van der Waals surface area (Å²) in [5, 5.41) is 0. The Morgan fingerprint density at radius 1 is 0.818 bits per heavy atom. The molecule has 0 radical (unpaired) electrons. The monoisotopic (exact) mass is 222 g/mol. The molecule has 0 bridgehead atoms. The van der Waals surface area contributed by atoms with Crippen molar-refractivity contribution in [3.05, 3.63) is 0 Å². The second kappa shape index (κ2) is 4.35. The number of rotatable bonds is 3. The van der Waals surface area contributed by atoms with Gasteiger partial charge in [-0.05, 0) is 0 Å². The standard InChI is InChI=1S/C7H23PSi3/c1-9(2)8(10(3)4)11(5,6)7/h9-10H,1-7H3. The predicted molar refractivity (Wildman–Crippen MR) is 68.0 cm³/mol. The molecule has 0 nitrogen and oxygen atoms in total. The average molecular weight is 222 g/mol. The largest absolute Gasteiger partial charge is 0.146 e. The van der Waals surface area contributed by atoms with Crippen LogP contribution in [-0.2, 0) is 0 Å². The summed E-state index contributed by atoms with van der Waals surface area (Å²) in [5.41, 5.74) is 0. The van der Waals surface area contributed by atoms with Gasteiger partial charge in [-0.15, -0.1) is 6.57 Å². The van der Waals surface area contributed by atoms with Crippen molar-refractivity contribution in [3.63, 3.8) is 0 Å². The summed E-state index contributed by atoms with van der Waals surface area (Å²) >= 11 is 0. The summed E-state index contributed by atoms with van der Waals surface area (Å²) < 4.78 is 0. The highest BCUT2D eigenvalue weighted by Crippen LogP contribution is 2.50. The summed E-state index contributed by atoms with van der Waals surface area (Å²) in [5.74, 6) is 0. The fourth-order valence-electron chi connectivity index (χ4n) is 2.15. The van der Waals surface area contributed by atoms with Gasteiger partial charge in [0, 0.05) is 0 Å². The summed E-state index contributed by atoms with van der Waals surface area (Å²) in [7, 11) is -1.28. The summed E-state index contributed by atoms with van der Waals surface area (Å²) in [6.45, 7) is 18.6. The van der Waals surface area contributed by atoms with Gasteiger partial charge in [0.15, 0.2) is 0 Å². The van der Waals surface area contributed by atoms with Gasteiger partial charge in [0.1, 0.15) is 0 Å². The predicted octanol–water partition coefficient (Wildman–Crippen LogP) is 3.27. The van der Waals surface area contributed by atoms with Gasteiger partial charge in [0.25, 0.3) is 0 Å². The smallest absolute Gasteiger partial charge is 0.0634 e. The Morgan fingerprint density at radius 3 is 1.09 bits per heavy atom. The minimum Gasteiger partial charge on any atom is -0.146 e. The zero-order chi connectivity index (χ0) is 9.23. The molecule has 0 aromatic carbocycles. The molecular weight excluding hydrogens is 199 g/mol. The summed E-state index contributed by atoms with van der Waals surface area (Å²) in [4.78, 5) is 0. The lowest BCUT2D eigenvalue weighted by Gasteiger charge is -2.35. The molecule has 0 spiro atoms.